The third-order valence-corrected chi connectivity index (χ3v) is 6.18. The van der Waals surface area contributed by atoms with Gasteiger partial charge in [-0.15, -0.1) is 0 Å². The molecule has 0 saturated heterocycles. The number of methoxy groups -OCH3 is 1. The summed E-state index contributed by atoms with van der Waals surface area (Å²) in [6.45, 7) is 0.626. The van der Waals surface area contributed by atoms with Crippen molar-refractivity contribution in [2.45, 2.75) is 70.0 Å². The molecular formula is C28H43NO4S. The minimum absolute atomic E-state index is 0.417. The van der Waals surface area contributed by atoms with E-state index in [1.807, 2.05) is 37.6 Å². The van der Waals surface area contributed by atoms with E-state index in [1.54, 1.807) is 0 Å². The molecule has 0 amide bonds. The van der Waals surface area contributed by atoms with Gasteiger partial charge < -0.3 is 19.4 Å². The van der Waals surface area contributed by atoms with Gasteiger partial charge in [0, 0.05) is 20.1 Å². The molecule has 3 N–H and O–H groups in total. The highest BCUT2D eigenvalue weighted by molar-refractivity contribution is 7.96. The van der Waals surface area contributed by atoms with Crippen molar-refractivity contribution in [2.24, 2.45) is 11.1 Å². The fourth-order valence-corrected chi connectivity index (χ4v) is 4.32. The number of carbonyl (C=O) groups excluding carboxylic acids is 1. The molecule has 6 heteroatoms. The van der Waals surface area contributed by atoms with E-state index in [-0.39, 0.29) is 0 Å². The predicted molar refractivity (Wildman–Crippen MR) is 143 cm³/mol. The van der Waals surface area contributed by atoms with Crippen molar-refractivity contribution in [3.8, 4) is 5.75 Å². The van der Waals surface area contributed by atoms with Crippen LogP contribution >= 0.6 is 11.9 Å². The smallest absolute Gasteiger partial charge is 0.123 e. The quantitative estimate of drug-likeness (QED) is 0.374. The summed E-state index contributed by atoms with van der Waals surface area (Å²) in [5.41, 5.74) is 2.61. The molecule has 0 atom stereocenters. The second-order valence-electron chi connectivity index (χ2n) is 8.47. The minimum Gasteiger partial charge on any atom is -0.489 e. The average molecular weight is 490 g/mol. The first-order valence-electron chi connectivity index (χ1n) is 12.1. The standard InChI is InChI=1S/C20H24O2.C6H10O.CH5NS.CH4O/c1-21-19-12-10-17(11-13-19)18-8-5-9-20(14-18)22-15-16-6-3-2-4-7-16;7-5-6-3-1-2-4-6;1-3-2;1-2/h2-9,14,17,19H,10-13,15H2,1H3;5-6H,1-4H2;2H2,1H3;2H,1H3. The number of aliphatic hydroxyl groups excluding tert-OH is 1. The summed E-state index contributed by atoms with van der Waals surface area (Å²) < 4.78 is 11.4. The van der Waals surface area contributed by atoms with Crippen LogP contribution < -0.4 is 9.88 Å². The number of rotatable bonds is 6. The minimum atomic E-state index is 0.417. The molecule has 2 aromatic rings. The molecule has 2 aromatic carbocycles. The van der Waals surface area contributed by atoms with Gasteiger partial charge in [-0.2, -0.15) is 0 Å². The Morgan fingerprint density at radius 3 is 2.12 bits per heavy atom. The third kappa shape index (κ3) is 12.0. The Morgan fingerprint density at radius 1 is 0.971 bits per heavy atom. The second-order valence-corrected chi connectivity index (χ2v) is 8.94. The van der Waals surface area contributed by atoms with Crippen LogP contribution in [0.15, 0.2) is 54.6 Å². The summed E-state index contributed by atoms with van der Waals surface area (Å²) in [7, 11) is 2.82. The van der Waals surface area contributed by atoms with Crippen LogP contribution in [-0.4, -0.2) is 38.0 Å². The number of nitrogens with two attached hydrogens (primary N) is 1. The zero-order chi connectivity index (χ0) is 25.0. The van der Waals surface area contributed by atoms with Crippen LogP contribution in [0.5, 0.6) is 5.75 Å². The lowest BCUT2D eigenvalue weighted by Gasteiger charge is -2.28. The van der Waals surface area contributed by atoms with E-state index < -0.39 is 0 Å². The van der Waals surface area contributed by atoms with Crippen molar-refractivity contribution in [3.63, 3.8) is 0 Å². The number of carbonyl (C=O) groups is 1. The number of hydrogen-bond donors (Lipinski definition) is 2. The normalized spacial score (nSPS) is 19.3. The highest BCUT2D eigenvalue weighted by Crippen LogP contribution is 2.35. The van der Waals surface area contributed by atoms with Gasteiger partial charge in [-0.05, 0) is 74.0 Å². The van der Waals surface area contributed by atoms with Crippen molar-refractivity contribution in [3.05, 3.63) is 65.7 Å². The summed E-state index contributed by atoms with van der Waals surface area (Å²) in [5, 5.41) is 11.8. The van der Waals surface area contributed by atoms with Gasteiger partial charge in [-0.25, -0.2) is 0 Å². The third-order valence-electron chi connectivity index (χ3n) is 6.18. The van der Waals surface area contributed by atoms with Crippen molar-refractivity contribution in [1.82, 2.24) is 0 Å². The van der Waals surface area contributed by atoms with Gasteiger partial charge >= 0.3 is 0 Å². The Kier molecular flexibility index (Phi) is 17.3. The largest absolute Gasteiger partial charge is 0.489 e. The molecule has 0 radical (unpaired) electrons. The molecule has 0 aliphatic heterocycles. The van der Waals surface area contributed by atoms with Crippen LogP contribution in [0.3, 0.4) is 0 Å². The molecule has 2 saturated carbocycles. The van der Waals surface area contributed by atoms with Gasteiger partial charge in [-0.1, -0.05) is 67.3 Å². The Balaban J connectivity index is 0.000000400. The van der Waals surface area contributed by atoms with Crippen molar-refractivity contribution in [1.29, 1.82) is 0 Å². The van der Waals surface area contributed by atoms with Crippen molar-refractivity contribution in [2.75, 3.05) is 20.5 Å². The zero-order valence-electron chi connectivity index (χ0n) is 21.0. The SMILES string of the molecule is CO.COC1CCC(c2cccc(OCc3ccccc3)c2)CC1.CSN.O=CC1CCCC1. The number of ether oxygens (including phenoxy) is 2. The van der Waals surface area contributed by atoms with Crippen molar-refractivity contribution < 1.29 is 19.4 Å². The summed E-state index contributed by atoms with van der Waals surface area (Å²) in [6.07, 6.45) is 12.9. The number of aldehydes is 1. The van der Waals surface area contributed by atoms with Gasteiger partial charge in [0.1, 0.15) is 18.6 Å². The molecule has 0 spiro atoms. The first-order valence-corrected chi connectivity index (χ1v) is 13.4. The van der Waals surface area contributed by atoms with Crippen LogP contribution in [0.25, 0.3) is 0 Å². The lowest BCUT2D eigenvalue weighted by molar-refractivity contribution is -0.110. The topological polar surface area (TPSA) is 81.8 Å². The van der Waals surface area contributed by atoms with Gasteiger partial charge in [0.2, 0.25) is 0 Å². The number of aliphatic hydroxyl groups is 1. The zero-order valence-corrected chi connectivity index (χ0v) is 21.8. The van der Waals surface area contributed by atoms with Gasteiger partial charge in [0.05, 0.1) is 6.10 Å². The van der Waals surface area contributed by atoms with Crippen LogP contribution in [0.4, 0.5) is 0 Å². The molecule has 0 aromatic heterocycles. The van der Waals surface area contributed by atoms with Crippen LogP contribution in [0.2, 0.25) is 0 Å². The molecule has 2 aliphatic carbocycles. The summed E-state index contributed by atoms with van der Waals surface area (Å²) >= 11 is 1.25. The van der Waals surface area contributed by atoms with E-state index in [0.29, 0.717) is 24.5 Å². The first kappa shape index (κ1) is 30.2. The average Bonchev–Trinajstić information content (AvgIpc) is 3.45. The highest BCUT2D eigenvalue weighted by Gasteiger charge is 2.22. The van der Waals surface area contributed by atoms with E-state index in [1.165, 1.54) is 48.8 Å². The Bertz CT molecular complexity index is 745. The molecule has 0 unspecified atom stereocenters. The predicted octanol–water partition coefficient (Wildman–Crippen LogP) is 6.15. The van der Waals surface area contributed by atoms with E-state index >= 15 is 0 Å². The molecule has 2 aliphatic rings. The number of benzene rings is 2. The fraction of sp³-hybridized carbons (Fsp3) is 0.536. The Hall–Kier alpha value is -1.86. The lowest BCUT2D eigenvalue weighted by Crippen LogP contribution is -2.19. The van der Waals surface area contributed by atoms with Gasteiger partial charge in [-0.3, -0.25) is 5.14 Å². The molecule has 34 heavy (non-hydrogen) atoms. The van der Waals surface area contributed by atoms with Crippen LogP contribution in [0.1, 0.15) is 68.4 Å². The van der Waals surface area contributed by atoms with Gasteiger partial charge in [0.25, 0.3) is 0 Å². The van der Waals surface area contributed by atoms with E-state index in [9.17, 15) is 4.79 Å². The molecule has 190 valence electrons. The number of hydrogen-bond acceptors (Lipinski definition) is 6. The highest BCUT2D eigenvalue weighted by atomic mass is 32.2. The maximum absolute atomic E-state index is 10.0. The molecular weight excluding hydrogens is 446 g/mol. The Morgan fingerprint density at radius 2 is 1.59 bits per heavy atom. The monoisotopic (exact) mass is 489 g/mol. The molecule has 4 rings (SSSR count). The molecule has 2 fully saturated rings. The van der Waals surface area contributed by atoms with E-state index in [0.717, 1.165) is 44.8 Å². The summed E-state index contributed by atoms with van der Waals surface area (Å²) in [5.74, 6) is 2.03. The van der Waals surface area contributed by atoms with Gasteiger partial charge in [0.15, 0.2) is 0 Å². The lowest BCUT2D eigenvalue weighted by atomic mass is 9.83. The second kappa shape index (κ2) is 19.4. The molecule has 0 bridgehead atoms. The maximum Gasteiger partial charge on any atom is 0.123 e. The molecule has 0 heterocycles. The molecule has 5 nitrogen and oxygen atoms in total. The summed E-state index contributed by atoms with van der Waals surface area (Å²) in [6, 6.07) is 18.9. The first-order chi connectivity index (χ1) is 16.7. The van der Waals surface area contributed by atoms with Crippen LogP contribution in [0, 0.1) is 5.92 Å². The van der Waals surface area contributed by atoms with Crippen molar-refractivity contribution >= 4 is 18.2 Å². The Labute approximate surface area is 210 Å². The maximum atomic E-state index is 10.0. The van der Waals surface area contributed by atoms with E-state index in [4.69, 9.17) is 19.7 Å². The fourth-order valence-electron chi connectivity index (χ4n) is 4.32. The van der Waals surface area contributed by atoms with Crippen LogP contribution in [-0.2, 0) is 16.1 Å². The summed E-state index contributed by atoms with van der Waals surface area (Å²) in [4.78, 5) is 10.0. The van der Waals surface area contributed by atoms with E-state index in [2.05, 4.69) is 30.3 Å².